The maximum Gasteiger partial charge on any atom is 0.272 e. The molecule has 0 saturated heterocycles. The number of rotatable bonds is 6. The molecule has 1 fully saturated rings. The molecule has 0 bridgehead atoms. The van der Waals surface area contributed by atoms with Crippen LogP contribution in [0.1, 0.15) is 28.9 Å². The Labute approximate surface area is 177 Å². The van der Waals surface area contributed by atoms with Crippen molar-refractivity contribution >= 4 is 22.5 Å². The normalized spacial score (nSPS) is 13.2. The van der Waals surface area contributed by atoms with Crippen LogP contribution in [0.2, 0.25) is 0 Å². The molecule has 0 aliphatic heterocycles. The summed E-state index contributed by atoms with van der Waals surface area (Å²) >= 11 is 0. The van der Waals surface area contributed by atoms with Crippen molar-refractivity contribution in [1.82, 2.24) is 25.2 Å². The number of anilines is 1. The van der Waals surface area contributed by atoms with Crippen molar-refractivity contribution in [2.45, 2.75) is 12.8 Å². The Morgan fingerprint density at radius 2 is 2.19 bits per heavy atom. The van der Waals surface area contributed by atoms with E-state index in [1.54, 1.807) is 18.2 Å². The van der Waals surface area contributed by atoms with Gasteiger partial charge in [0.2, 0.25) is 0 Å². The van der Waals surface area contributed by atoms with E-state index in [1.165, 1.54) is 12.8 Å². The molecular formula is C22H19N7O2. The van der Waals surface area contributed by atoms with Crippen molar-refractivity contribution in [3.05, 3.63) is 53.7 Å². The van der Waals surface area contributed by atoms with Gasteiger partial charge in [-0.2, -0.15) is 5.26 Å². The van der Waals surface area contributed by atoms with E-state index in [2.05, 4.69) is 32.0 Å². The first kappa shape index (κ1) is 18.8. The molecule has 0 atom stereocenters. The first-order valence-electron chi connectivity index (χ1n) is 9.95. The average molecular weight is 413 g/mol. The summed E-state index contributed by atoms with van der Waals surface area (Å²) in [6, 6.07) is 14.7. The second-order valence-corrected chi connectivity index (χ2v) is 7.61. The summed E-state index contributed by atoms with van der Waals surface area (Å²) < 4.78 is 7.86. The number of para-hydroxylation sites is 1. The SMILES string of the molecule is Cn1c(C(=O)Nc2ccc(C#N)cc2-c2nnn[nH]2)cc2cccc(OCC3CC3)c21. The van der Waals surface area contributed by atoms with E-state index < -0.39 is 0 Å². The first-order valence-corrected chi connectivity index (χ1v) is 9.95. The predicted molar refractivity (Wildman–Crippen MR) is 113 cm³/mol. The lowest BCUT2D eigenvalue weighted by molar-refractivity contribution is 0.102. The summed E-state index contributed by atoms with van der Waals surface area (Å²) in [5, 5.41) is 26.8. The molecule has 1 aliphatic rings. The molecule has 0 spiro atoms. The number of hydrogen-bond donors (Lipinski definition) is 2. The number of aromatic nitrogens is 5. The van der Waals surface area contributed by atoms with Crippen LogP contribution in [0.4, 0.5) is 5.69 Å². The second kappa shape index (κ2) is 7.57. The van der Waals surface area contributed by atoms with Crippen LogP contribution < -0.4 is 10.1 Å². The summed E-state index contributed by atoms with van der Waals surface area (Å²) in [7, 11) is 1.85. The van der Waals surface area contributed by atoms with E-state index in [4.69, 9.17) is 4.74 Å². The van der Waals surface area contributed by atoms with Gasteiger partial charge in [-0.15, -0.1) is 5.10 Å². The van der Waals surface area contributed by atoms with Crippen molar-refractivity contribution in [3.8, 4) is 23.2 Å². The van der Waals surface area contributed by atoms with E-state index in [9.17, 15) is 10.1 Å². The monoisotopic (exact) mass is 413 g/mol. The molecule has 9 nitrogen and oxygen atoms in total. The van der Waals surface area contributed by atoms with Gasteiger partial charge < -0.3 is 14.6 Å². The highest BCUT2D eigenvalue weighted by Gasteiger charge is 2.23. The number of nitriles is 1. The minimum atomic E-state index is -0.287. The standard InChI is InChI=1S/C22H19N7O2/c1-29-18(10-15-3-2-4-19(20(15)29)31-12-13-5-6-13)22(30)24-17-8-7-14(11-23)9-16(17)21-25-27-28-26-21/h2-4,7-10,13H,5-6,12H2,1H3,(H,24,30)(H,25,26,27,28). The number of amides is 1. The number of carbonyl (C=O) groups is 1. The van der Waals surface area contributed by atoms with Crippen LogP contribution in [0.5, 0.6) is 5.75 Å². The molecule has 2 aromatic carbocycles. The van der Waals surface area contributed by atoms with Gasteiger partial charge in [0, 0.05) is 18.0 Å². The lowest BCUT2D eigenvalue weighted by atomic mass is 10.1. The number of aromatic amines is 1. The van der Waals surface area contributed by atoms with Gasteiger partial charge in [0.25, 0.3) is 5.91 Å². The number of aryl methyl sites for hydroxylation is 1. The van der Waals surface area contributed by atoms with Crippen LogP contribution in [-0.4, -0.2) is 37.7 Å². The maximum atomic E-state index is 13.2. The molecule has 0 unspecified atom stereocenters. The Hall–Kier alpha value is -4.19. The van der Waals surface area contributed by atoms with Gasteiger partial charge >= 0.3 is 0 Å². The quantitative estimate of drug-likeness (QED) is 0.500. The molecule has 1 aliphatic carbocycles. The van der Waals surface area contributed by atoms with Gasteiger partial charge in [-0.25, -0.2) is 5.10 Å². The highest BCUT2D eigenvalue weighted by molar-refractivity contribution is 6.08. The minimum absolute atomic E-state index is 0.287. The molecule has 9 heteroatoms. The molecule has 4 aromatic rings. The Morgan fingerprint density at radius 1 is 1.32 bits per heavy atom. The number of nitrogens with one attached hydrogen (secondary N) is 2. The number of hydrogen-bond acceptors (Lipinski definition) is 6. The van der Waals surface area contributed by atoms with Crippen molar-refractivity contribution in [3.63, 3.8) is 0 Å². The van der Waals surface area contributed by atoms with E-state index >= 15 is 0 Å². The Morgan fingerprint density at radius 3 is 2.94 bits per heavy atom. The van der Waals surface area contributed by atoms with Gasteiger partial charge in [0.1, 0.15) is 11.4 Å². The number of H-pyrrole nitrogens is 1. The molecule has 5 rings (SSSR count). The number of fused-ring (bicyclic) bond motifs is 1. The van der Waals surface area contributed by atoms with Crippen LogP contribution in [0, 0.1) is 17.2 Å². The summed E-state index contributed by atoms with van der Waals surface area (Å²) in [6.45, 7) is 0.700. The fraction of sp³-hybridized carbons (Fsp3) is 0.227. The molecule has 31 heavy (non-hydrogen) atoms. The molecule has 154 valence electrons. The number of carbonyl (C=O) groups excluding carboxylic acids is 1. The van der Waals surface area contributed by atoms with Crippen molar-refractivity contribution < 1.29 is 9.53 Å². The number of benzene rings is 2. The van der Waals surface area contributed by atoms with Crippen molar-refractivity contribution in [2.75, 3.05) is 11.9 Å². The third kappa shape index (κ3) is 3.59. The minimum Gasteiger partial charge on any atom is -0.491 e. The molecule has 2 aromatic heterocycles. The van der Waals surface area contributed by atoms with Gasteiger partial charge in [-0.05, 0) is 59.5 Å². The third-order valence-electron chi connectivity index (χ3n) is 5.42. The van der Waals surface area contributed by atoms with E-state index in [1.807, 2.05) is 35.9 Å². The molecule has 1 amide bonds. The smallest absolute Gasteiger partial charge is 0.272 e. The summed E-state index contributed by atoms with van der Waals surface area (Å²) in [6.07, 6.45) is 2.43. The van der Waals surface area contributed by atoms with Gasteiger partial charge in [0.05, 0.1) is 29.4 Å². The van der Waals surface area contributed by atoms with E-state index in [-0.39, 0.29) is 5.91 Å². The Balaban J connectivity index is 1.48. The van der Waals surface area contributed by atoms with Crippen LogP contribution in [-0.2, 0) is 7.05 Å². The molecule has 2 N–H and O–H groups in total. The summed E-state index contributed by atoms with van der Waals surface area (Å²) in [4.78, 5) is 13.2. The van der Waals surface area contributed by atoms with Crippen LogP contribution in [0.15, 0.2) is 42.5 Å². The van der Waals surface area contributed by atoms with Gasteiger partial charge in [-0.3, -0.25) is 4.79 Å². The molecule has 0 radical (unpaired) electrons. The zero-order valence-electron chi connectivity index (χ0n) is 16.8. The lowest BCUT2D eigenvalue weighted by Gasteiger charge is -2.11. The average Bonchev–Trinajstić information content (AvgIpc) is 3.32. The molecular weight excluding hydrogens is 394 g/mol. The zero-order chi connectivity index (χ0) is 21.4. The highest BCUT2D eigenvalue weighted by Crippen LogP contribution is 2.33. The second-order valence-electron chi connectivity index (χ2n) is 7.61. The van der Waals surface area contributed by atoms with Crippen LogP contribution >= 0.6 is 0 Å². The van der Waals surface area contributed by atoms with E-state index in [0.717, 1.165) is 16.7 Å². The van der Waals surface area contributed by atoms with Crippen molar-refractivity contribution in [2.24, 2.45) is 13.0 Å². The van der Waals surface area contributed by atoms with Crippen LogP contribution in [0.25, 0.3) is 22.3 Å². The number of tetrazole rings is 1. The summed E-state index contributed by atoms with van der Waals surface area (Å²) in [5.74, 6) is 1.49. The maximum absolute atomic E-state index is 13.2. The number of nitrogens with zero attached hydrogens (tertiary/aromatic N) is 5. The largest absolute Gasteiger partial charge is 0.491 e. The van der Waals surface area contributed by atoms with Gasteiger partial charge in [-0.1, -0.05) is 12.1 Å². The van der Waals surface area contributed by atoms with Gasteiger partial charge in [0.15, 0.2) is 5.82 Å². The highest BCUT2D eigenvalue weighted by atomic mass is 16.5. The molecule has 2 heterocycles. The zero-order valence-corrected chi connectivity index (χ0v) is 16.8. The molecule has 1 saturated carbocycles. The predicted octanol–water partition coefficient (Wildman–Crippen LogP) is 3.27. The number of ether oxygens (including phenoxy) is 1. The lowest BCUT2D eigenvalue weighted by Crippen LogP contribution is -2.16. The first-order chi connectivity index (χ1) is 15.1. The fourth-order valence-corrected chi connectivity index (χ4v) is 3.58. The van der Waals surface area contributed by atoms with Crippen molar-refractivity contribution in [1.29, 1.82) is 5.26 Å². The third-order valence-corrected chi connectivity index (χ3v) is 5.42. The topological polar surface area (TPSA) is 122 Å². The van der Waals surface area contributed by atoms with Crippen LogP contribution in [0.3, 0.4) is 0 Å². The Bertz CT molecular complexity index is 1310. The van der Waals surface area contributed by atoms with E-state index in [0.29, 0.717) is 40.9 Å². The fourth-order valence-electron chi connectivity index (χ4n) is 3.58. The summed E-state index contributed by atoms with van der Waals surface area (Å²) in [5.41, 5.74) is 2.84. The Kier molecular flexibility index (Phi) is 4.59.